The van der Waals surface area contributed by atoms with Gasteiger partial charge in [-0.25, -0.2) is 4.98 Å². The van der Waals surface area contributed by atoms with E-state index in [1.165, 1.54) is 0 Å². The highest BCUT2D eigenvalue weighted by molar-refractivity contribution is 6.31. The minimum Gasteiger partial charge on any atom is -0.436 e. The Kier molecular flexibility index (Phi) is 5.87. The first-order valence-corrected chi connectivity index (χ1v) is 12.3. The molecule has 7 nitrogen and oxygen atoms in total. The Morgan fingerprint density at radius 1 is 1.08 bits per heavy atom. The zero-order valence-electron chi connectivity index (χ0n) is 19.7. The predicted octanol–water partition coefficient (Wildman–Crippen LogP) is 6.10. The highest BCUT2D eigenvalue weighted by Crippen LogP contribution is 2.35. The average Bonchev–Trinajstić information content (AvgIpc) is 3.62. The van der Waals surface area contributed by atoms with Crippen molar-refractivity contribution < 1.29 is 9.52 Å². The van der Waals surface area contributed by atoms with Gasteiger partial charge in [0.15, 0.2) is 11.4 Å². The van der Waals surface area contributed by atoms with Gasteiger partial charge in [-0.3, -0.25) is 4.99 Å². The number of aliphatic imine (C=N–C) groups is 1. The summed E-state index contributed by atoms with van der Waals surface area (Å²) in [5.74, 6) is 1.29. The van der Waals surface area contributed by atoms with E-state index in [0.717, 1.165) is 69.7 Å². The smallest absolute Gasteiger partial charge is 0.227 e. The van der Waals surface area contributed by atoms with Gasteiger partial charge in [-0.05, 0) is 72.4 Å². The van der Waals surface area contributed by atoms with Crippen LogP contribution in [-0.4, -0.2) is 36.7 Å². The van der Waals surface area contributed by atoms with Gasteiger partial charge in [0.2, 0.25) is 5.89 Å². The number of fused-ring (bicyclic) bond motifs is 1. The van der Waals surface area contributed by atoms with E-state index in [2.05, 4.69) is 21.3 Å². The average molecular weight is 498 g/mol. The summed E-state index contributed by atoms with van der Waals surface area (Å²) >= 11 is 6.32. The number of aliphatic hydroxyl groups excluding tert-OH is 1. The molecule has 3 aromatic carbocycles. The van der Waals surface area contributed by atoms with Crippen LogP contribution in [0.3, 0.4) is 0 Å². The number of oxazole rings is 1. The predicted molar refractivity (Wildman–Crippen MR) is 141 cm³/mol. The second-order valence-corrected chi connectivity index (χ2v) is 9.51. The van der Waals surface area contributed by atoms with Crippen molar-refractivity contribution in [1.29, 1.82) is 0 Å². The van der Waals surface area contributed by atoms with Crippen molar-refractivity contribution >= 4 is 28.4 Å². The molecule has 2 aromatic heterocycles. The molecule has 1 fully saturated rings. The number of rotatable bonds is 5. The molecule has 1 N–H and O–H groups in total. The van der Waals surface area contributed by atoms with Crippen LogP contribution in [0, 0.1) is 0 Å². The first-order chi connectivity index (χ1) is 17.5. The van der Waals surface area contributed by atoms with Crippen molar-refractivity contribution in [3.63, 3.8) is 0 Å². The van der Waals surface area contributed by atoms with Gasteiger partial charge in [0.05, 0.1) is 12.6 Å². The maximum absolute atomic E-state index is 10.00. The lowest BCUT2D eigenvalue weighted by molar-refractivity contribution is 0.242. The minimum atomic E-state index is -0.394. The molecular formula is C28H24ClN5O2. The summed E-state index contributed by atoms with van der Waals surface area (Å²) in [6, 6.07) is 19.8. The molecule has 0 bridgehead atoms. The summed E-state index contributed by atoms with van der Waals surface area (Å²) in [5.41, 5.74) is 7.20. The SMILES string of the molecule is Cn1cnnc1-c1cc(Cl)ccc1-c1cccc(-c2nc3cc(CN=C4CCC[C@@H]4O)ccc3o2)c1. The third-order valence-electron chi connectivity index (χ3n) is 6.57. The van der Waals surface area contributed by atoms with Gasteiger partial charge in [-0.2, -0.15) is 0 Å². The van der Waals surface area contributed by atoms with E-state index in [-0.39, 0.29) is 0 Å². The zero-order chi connectivity index (χ0) is 24.6. The second kappa shape index (κ2) is 9.33. The molecule has 1 aliphatic rings. The molecule has 0 spiro atoms. The fourth-order valence-electron chi connectivity index (χ4n) is 4.68. The monoisotopic (exact) mass is 497 g/mol. The second-order valence-electron chi connectivity index (χ2n) is 9.07. The summed E-state index contributed by atoms with van der Waals surface area (Å²) in [6.07, 6.45) is 3.96. The third-order valence-corrected chi connectivity index (χ3v) is 6.80. The molecule has 5 aromatic rings. The minimum absolute atomic E-state index is 0.394. The van der Waals surface area contributed by atoms with Crippen LogP contribution >= 0.6 is 11.6 Å². The first-order valence-electron chi connectivity index (χ1n) is 11.9. The molecule has 36 heavy (non-hydrogen) atoms. The maximum Gasteiger partial charge on any atom is 0.227 e. The first kappa shape index (κ1) is 22.6. The molecule has 1 aliphatic carbocycles. The zero-order valence-corrected chi connectivity index (χ0v) is 20.5. The highest BCUT2D eigenvalue weighted by Gasteiger charge is 2.19. The fraction of sp³-hybridized carbons (Fsp3) is 0.214. The molecular weight excluding hydrogens is 474 g/mol. The Morgan fingerprint density at radius 3 is 2.78 bits per heavy atom. The summed E-state index contributed by atoms with van der Waals surface area (Å²) in [5, 5.41) is 18.9. The molecule has 1 atom stereocenters. The van der Waals surface area contributed by atoms with Crippen LogP contribution in [0.4, 0.5) is 0 Å². The number of benzene rings is 3. The number of hydrogen-bond acceptors (Lipinski definition) is 6. The standard InChI is InChI=1S/C28H24ClN5O2/c1-34-16-31-33-27(34)22-14-20(29)9-10-21(22)18-4-2-5-19(13-18)28-32-24-12-17(8-11-26(24)36-28)15-30-23-6-3-7-25(23)35/h2,4-5,8-14,16,25,35H,3,6-7,15H2,1H3/t25-/m0/s1. The van der Waals surface area contributed by atoms with Crippen molar-refractivity contribution in [2.75, 3.05) is 0 Å². The molecule has 1 saturated carbocycles. The summed E-state index contributed by atoms with van der Waals surface area (Å²) in [7, 11) is 1.91. The number of aliphatic hydroxyl groups is 1. The Labute approximate surface area is 213 Å². The van der Waals surface area contributed by atoms with Gasteiger partial charge in [0, 0.05) is 28.9 Å². The third kappa shape index (κ3) is 4.32. The molecule has 0 saturated heterocycles. The van der Waals surface area contributed by atoms with Crippen molar-refractivity contribution in [1.82, 2.24) is 19.7 Å². The van der Waals surface area contributed by atoms with E-state index in [0.29, 0.717) is 17.5 Å². The van der Waals surface area contributed by atoms with Gasteiger partial charge in [0.1, 0.15) is 11.8 Å². The number of hydrogen-bond donors (Lipinski definition) is 1. The molecule has 6 rings (SSSR count). The lowest BCUT2D eigenvalue weighted by Gasteiger charge is -2.11. The van der Waals surface area contributed by atoms with E-state index >= 15 is 0 Å². The Hall–Kier alpha value is -3.81. The summed E-state index contributed by atoms with van der Waals surface area (Å²) in [4.78, 5) is 9.38. The number of nitrogens with zero attached hydrogens (tertiary/aromatic N) is 5. The molecule has 8 heteroatoms. The van der Waals surface area contributed by atoms with Crippen molar-refractivity contribution in [3.8, 4) is 34.0 Å². The van der Waals surface area contributed by atoms with E-state index in [1.54, 1.807) is 6.33 Å². The van der Waals surface area contributed by atoms with Gasteiger partial charge in [-0.1, -0.05) is 35.9 Å². The van der Waals surface area contributed by atoms with Crippen LogP contribution in [0.5, 0.6) is 0 Å². The van der Waals surface area contributed by atoms with Crippen LogP contribution in [0.1, 0.15) is 24.8 Å². The largest absolute Gasteiger partial charge is 0.436 e. The van der Waals surface area contributed by atoms with E-state index in [1.807, 2.05) is 66.2 Å². The van der Waals surface area contributed by atoms with Crippen molar-refractivity contribution in [2.45, 2.75) is 31.9 Å². The lowest BCUT2D eigenvalue weighted by atomic mass is 9.97. The molecule has 0 unspecified atom stereocenters. The number of aromatic nitrogens is 4. The van der Waals surface area contributed by atoms with Crippen LogP contribution < -0.4 is 0 Å². The van der Waals surface area contributed by atoms with E-state index < -0.39 is 6.10 Å². The molecule has 2 heterocycles. The topological polar surface area (TPSA) is 89.3 Å². The molecule has 0 radical (unpaired) electrons. The molecule has 0 aliphatic heterocycles. The quantitative estimate of drug-likeness (QED) is 0.317. The van der Waals surface area contributed by atoms with Crippen molar-refractivity contribution in [2.24, 2.45) is 12.0 Å². The fourth-order valence-corrected chi connectivity index (χ4v) is 4.85. The van der Waals surface area contributed by atoms with Crippen LogP contribution in [0.25, 0.3) is 45.1 Å². The molecule has 0 amide bonds. The van der Waals surface area contributed by atoms with Crippen LogP contribution in [-0.2, 0) is 13.6 Å². The number of aryl methyl sites for hydroxylation is 1. The Morgan fingerprint density at radius 2 is 1.97 bits per heavy atom. The highest BCUT2D eigenvalue weighted by atomic mass is 35.5. The number of halogens is 1. The van der Waals surface area contributed by atoms with Gasteiger partial charge >= 0.3 is 0 Å². The van der Waals surface area contributed by atoms with E-state index in [9.17, 15) is 5.11 Å². The van der Waals surface area contributed by atoms with Gasteiger partial charge in [0.25, 0.3) is 0 Å². The Bertz CT molecular complexity index is 1600. The van der Waals surface area contributed by atoms with Gasteiger partial charge in [-0.15, -0.1) is 10.2 Å². The summed E-state index contributed by atoms with van der Waals surface area (Å²) < 4.78 is 7.97. The van der Waals surface area contributed by atoms with Crippen LogP contribution in [0.2, 0.25) is 5.02 Å². The molecule has 180 valence electrons. The Balaban J connectivity index is 1.34. The maximum atomic E-state index is 10.00. The van der Waals surface area contributed by atoms with Gasteiger partial charge < -0.3 is 14.1 Å². The van der Waals surface area contributed by atoms with E-state index in [4.69, 9.17) is 21.0 Å². The summed E-state index contributed by atoms with van der Waals surface area (Å²) in [6.45, 7) is 0.529. The normalized spacial score (nSPS) is 16.9. The van der Waals surface area contributed by atoms with Crippen molar-refractivity contribution in [3.05, 3.63) is 77.6 Å². The lowest BCUT2D eigenvalue weighted by Crippen LogP contribution is -2.12. The van der Waals surface area contributed by atoms with Crippen LogP contribution in [0.15, 0.2) is 76.4 Å².